The zero-order valence-corrected chi connectivity index (χ0v) is 22.9. The molecule has 5 aromatic rings. The zero-order chi connectivity index (χ0) is 28.3. The Hall–Kier alpha value is -5.00. The number of piperazine rings is 1. The number of ether oxygens (including phenoxy) is 1. The lowest BCUT2D eigenvalue weighted by Crippen LogP contribution is -2.64. The highest BCUT2D eigenvalue weighted by atomic mass is 16.5. The summed E-state index contributed by atoms with van der Waals surface area (Å²) in [6.07, 6.45) is 4.91. The largest absolute Gasteiger partial charge is 0.495 e. The van der Waals surface area contributed by atoms with Gasteiger partial charge in [-0.25, -0.2) is 19.5 Å². The molecular formula is C28H29N9O3. The number of imidazole rings is 1. The molecule has 1 aliphatic rings. The first kappa shape index (κ1) is 25.3. The Bertz CT molecular complexity index is 1820. The summed E-state index contributed by atoms with van der Waals surface area (Å²) in [6, 6.07) is 9.58. The summed E-state index contributed by atoms with van der Waals surface area (Å²) < 4.78 is 9.26. The van der Waals surface area contributed by atoms with Crippen molar-refractivity contribution in [1.82, 2.24) is 34.0 Å². The number of nitrogen functional groups attached to an aromatic ring is 1. The molecule has 0 radical (unpaired) electrons. The van der Waals surface area contributed by atoms with Gasteiger partial charge < -0.3 is 24.8 Å². The first-order valence-electron chi connectivity index (χ1n) is 12.8. The molecule has 0 bridgehead atoms. The van der Waals surface area contributed by atoms with Crippen molar-refractivity contribution >= 4 is 40.0 Å². The highest BCUT2D eigenvalue weighted by molar-refractivity contribution is 6.04. The number of carbonyl (C=O) groups excluding carboxylic acids is 2. The lowest BCUT2D eigenvalue weighted by atomic mass is 9.96. The van der Waals surface area contributed by atoms with Crippen molar-refractivity contribution in [3.8, 4) is 28.1 Å². The predicted octanol–water partition coefficient (Wildman–Crippen LogP) is 2.91. The van der Waals surface area contributed by atoms with Gasteiger partial charge in [-0.1, -0.05) is 0 Å². The molecule has 1 aromatic carbocycles. The molecule has 204 valence electrons. The van der Waals surface area contributed by atoms with Crippen LogP contribution < -0.4 is 15.4 Å². The molecule has 1 fully saturated rings. The average Bonchev–Trinajstić information content (AvgIpc) is 3.51. The SMILES string of the molecule is COc1ccc(-c2cc(-c3cnc4c(c3)ncn4C)c3c(N)ncnn23)cc1N1CCN(C(C)=O)C(C)(C)C1=O. The Labute approximate surface area is 230 Å². The quantitative estimate of drug-likeness (QED) is 0.368. The topological polar surface area (TPSA) is 137 Å². The van der Waals surface area contributed by atoms with E-state index in [0.717, 1.165) is 33.5 Å². The van der Waals surface area contributed by atoms with Gasteiger partial charge in [0.05, 0.1) is 24.8 Å². The minimum atomic E-state index is -1.00. The van der Waals surface area contributed by atoms with Gasteiger partial charge in [0.2, 0.25) is 5.91 Å². The summed E-state index contributed by atoms with van der Waals surface area (Å²) in [5, 5.41) is 4.51. The summed E-state index contributed by atoms with van der Waals surface area (Å²) in [7, 11) is 3.46. The van der Waals surface area contributed by atoms with E-state index in [4.69, 9.17) is 10.5 Å². The molecule has 12 nitrogen and oxygen atoms in total. The number of hydrogen-bond donors (Lipinski definition) is 1. The number of nitrogens with zero attached hydrogens (tertiary/aromatic N) is 8. The number of carbonyl (C=O) groups is 2. The van der Waals surface area contributed by atoms with Crippen LogP contribution in [0.3, 0.4) is 0 Å². The normalized spacial score (nSPS) is 15.3. The molecule has 0 unspecified atom stereocenters. The van der Waals surface area contributed by atoms with Crippen LogP contribution in [0.15, 0.2) is 49.2 Å². The molecule has 12 heteroatoms. The number of anilines is 2. The molecule has 6 rings (SSSR count). The predicted molar refractivity (Wildman–Crippen MR) is 151 cm³/mol. The van der Waals surface area contributed by atoms with Gasteiger partial charge in [-0.05, 0) is 44.2 Å². The third-order valence-electron chi connectivity index (χ3n) is 7.58. The van der Waals surface area contributed by atoms with Gasteiger partial charge in [-0.2, -0.15) is 5.10 Å². The van der Waals surface area contributed by atoms with E-state index >= 15 is 0 Å². The molecule has 2 amide bonds. The Morgan fingerprint density at radius 2 is 1.88 bits per heavy atom. The van der Waals surface area contributed by atoms with Crippen molar-refractivity contribution in [3.05, 3.63) is 49.2 Å². The first-order valence-corrected chi connectivity index (χ1v) is 12.8. The highest BCUT2D eigenvalue weighted by Gasteiger charge is 2.44. The van der Waals surface area contributed by atoms with Crippen molar-refractivity contribution in [2.45, 2.75) is 26.3 Å². The fourth-order valence-electron chi connectivity index (χ4n) is 5.53. The van der Waals surface area contributed by atoms with Crippen molar-refractivity contribution in [2.24, 2.45) is 7.05 Å². The van der Waals surface area contributed by atoms with Crippen LogP contribution in [0.2, 0.25) is 0 Å². The second kappa shape index (κ2) is 9.04. The van der Waals surface area contributed by atoms with E-state index in [0.29, 0.717) is 35.9 Å². The minimum absolute atomic E-state index is 0.137. The van der Waals surface area contributed by atoms with Crippen LogP contribution in [-0.4, -0.2) is 71.6 Å². The van der Waals surface area contributed by atoms with Gasteiger partial charge in [0, 0.05) is 49.9 Å². The fourth-order valence-corrected chi connectivity index (χ4v) is 5.53. The summed E-state index contributed by atoms with van der Waals surface area (Å²) >= 11 is 0. The van der Waals surface area contributed by atoms with Gasteiger partial charge in [-0.3, -0.25) is 9.59 Å². The van der Waals surface area contributed by atoms with Crippen LogP contribution in [0.4, 0.5) is 11.5 Å². The van der Waals surface area contributed by atoms with Crippen molar-refractivity contribution in [3.63, 3.8) is 0 Å². The molecule has 0 spiro atoms. The standard InChI is InChI=1S/C28H29N9O3/c1-16(38)36-9-8-35(27(39)28(36,2)3)22-11-17(6-7-23(22)40-5)21-12-19(24-25(29)31-14-33-37(21)24)18-10-20-26(30-13-18)34(4)15-32-20/h6-7,10-15H,8-9H2,1-5H3,(H2,29,31,33). The first-order chi connectivity index (χ1) is 19.1. The maximum absolute atomic E-state index is 13.7. The molecule has 0 aliphatic carbocycles. The number of benzene rings is 1. The van der Waals surface area contributed by atoms with Crippen LogP contribution in [0, 0.1) is 0 Å². The molecule has 40 heavy (non-hydrogen) atoms. The second-order valence-electron chi connectivity index (χ2n) is 10.3. The number of hydrogen-bond acceptors (Lipinski definition) is 8. The van der Waals surface area contributed by atoms with Crippen molar-refractivity contribution in [2.75, 3.05) is 30.8 Å². The zero-order valence-electron chi connectivity index (χ0n) is 22.9. The average molecular weight is 540 g/mol. The number of fused-ring (bicyclic) bond motifs is 2. The number of aryl methyl sites for hydroxylation is 1. The van der Waals surface area contributed by atoms with E-state index < -0.39 is 5.54 Å². The summed E-state index contributed by atoms with van der Waals surface area (Å²) in [5.74, 6) is 0.542. The Kier molecular flexibility index (Phi) is 5.71. The molecule has 1 saturated heterocycles. The molecule has 1 aliphatic heterocycles. The van der Waals surface area contributed by atoms with Crippen LogP contribution >= 0.6 is 0 Å². The Morgan fingerprint density at radius 3 is 2.62 bits per heavy atom. The molecule has 0 atom stereocenters. The number of nitrogens with two attached hydrogens (primary N) is 1. The molecular weight excluding hydrogens is 510 g/mol. The minimum Gasteiger partial charge on any atom is -0.495 e. The third kappa shape index (κ3) is 3.74. The van der Waals surface area contributed by atoms with E-state index in [9.17, 15) is 9.59 Å². The summed E-state index contributed by atoms with van der Waals surface area (Å²) in [5.41, 5.74) is 11.3. The van der Waals surface area contributed by atoms with Gasteiger partial charge >= 0.3 is 0 Å². The monoisotopic (exact) mass is 539 g/mol. The van der Waals surface area contributed by atoms with Crippen molar-refractivity contribution in [1.29, 1.82) is 0 Å². The van der Waals surface area contributed by atoms with E-state index in [2.05, 4.69) is 20.1 Å². The third-order valence-corrected chi connectivity index (χ3v) is 7.58. The van der Waals surface area contributed by atoms with Gasteiger partial charge in [0.1, 0.15) is 28.6 Å². The number of aromatic nitrogens is 6. The van der Waals surface area contributed by atoms with E-state index in [1.807, 2.05) is 41.9 Å². The lowest BCUT2D eigenvalue weighted by Gasteiger charge is -2.45. The number of amides is 2. The Balaban J connectivity index is 1.50. The maximum Gasteiger partial charge on any atom is 0.252 e. The van der Waals surface area contributed by atoms with Gasteiger partial charge in [-0.15, -0.1) is 0 Å². The molecule has 2 N–H and O–H groups in total. The molecule has 4 aromatic heterocycles. The van der Waals surface area contributed by atoms with E-state index in [1.165, 1.54) is 13.3 Å². The second-order valence-corrected chi connectivity index (χ2v) is 10.3. The highest BCUT2D eigenvalue weighted by Crippen LogP contribution is 2.40. The van der Waals surface area contributed by atoms with E-state index in [1.54, 1.807) is 47.8 Å². The smallest absolute Gasteiger partial charge is 0.252 e. The van der Waals surface area contributed by atoms with Crippen LogP contribution in [0.1, 0.15) is 20.8 Å². The van der Waals surface area contributed by atoms with Crippen LogP contribution in [-0.2, 0) is 16.6 Å². The van der Waals surface area contributed by atoms with Gasteiger partial charge in [0.15, 0.2) is 11.5 Å². The fraction of sp³-hybridized carbons (Fsp3) is 0.286. The Morgan fingerprint density at radius 1 is 1.07 bits per heavy atom. The summed E-state index contributed by atoms with van der Waals surface area (Å²) in [4.78, 5) is 42.4. The lowest BCUT2D eigenvalue weighted by molar-refractivity contribution is -0.145. The molecule has 5 heterocycles. The number of rotatable bonds is 4. The number of pyridine rings is 1. The summed E-state index contributed by atoms with van der Waals surface area (Å²) in [6.45, 7) is 5.76. The van der Waals surface area contributed by atoms with Gasteiger partial charge in [0.25, 0.3) is 5.91 Å². The van der Waals surface area contributed by atoms with Crippen molar-refractivity contribution < 1.29 is 14.3 Å². The molecule has 0 saturated carbocycles. The van der Waals surface area contributed by atoms with Crippen LogP contribution in [0.5, 0.6) is 5.75 Å². The van der Waals surface area contributed by atoms with Crippen LogP contribution in [0.25, 0.3) is 39.1 Å². The number of methoxy groups -OCH3 is 1. The van der Waals surface area contributed by atoms with E-state index in [-0.39, 0.29) is 11.8 Å². The maximum atomic E-state index is 13.7.